The first-order valence-electron chi connectivity index (χ1n) is 12.0. The third kappa shape index (κ3) is 3.85. The highest BCUT2D eigenvalue weighted by Crippen LogP contribution is 2.48. The van der Waals surface area contributed by atoms with E-state index in [-0.39, 0.29) is 0 Å². The maximum Gasteiger partial charge on any atom is 0.0882 e. The van der Waals surface area contributed by atoms with Gasteiger partial charge in [-0.2, -0.15) is 0 Å². The van der Waals surface area contributed by atoms with Gasteiger partial charge in [-0.15, -0.1) is 0 Å². The molecule has 4 aromatic rings. The molecular formula is C32H27N3. The number of fused-ring (bicyclic) bond motifs is 2. The molecule has 0 fully saturated rings. The lowest BCUT2D eigenvalue weighted by Crippen LogP contribution is -2.28. The summed E-state index contributed by atoms with van der Waals surface area (Å²) in [5.74, 6) is 0. The standard InChI is InChI=1S/C32H27N3/c1-34(2)31-22-32-29(21-27(31)24-14-8-4-9-15-24)33-28-20-25(23-12-6-3-7-13-23)18-19-30(28)35(32)26-16-10-5-11-17-26/h3-19,21-22H,20H2,1-2H3. The number of hydrogen-bond donors (Lipinski definition) is 0. The van der Waals surface area contributed by atoms with Crippen molar-refractivity contribution in [1.29, 1.82) is 0 Å². The minimum Gasteiger partial charge on any atom is -0.377 e. The predicted molar refractivity (Wildman–Crippen MR) is 149 cm³/mol. The van der Waals surface area contributed by atoms with E-state index in [1.165, 1.54) is 28.0 Å². The van der Waals surface area contributed by atoms with Crippen LogP contribution in [0.2, 0.25) is 0 Å². The molecule has 0 atom stereocenters. The lowest BCUT2D eigenvalue weighted by atomic mass is 9.91. The fourth-order valence-electron chi connectivity index (χ4n) is 4.94. The fraction of sp³-hybridized carbons (Fsp3) is 0.0938. The van der Waals surface area contributed by atoms with Gasteiger partial charge in [0.25, 0.3) is 0 Å². The van der Waals surface area contributed by atoms with E-state index in [1.54, 1.807) is 0 Å². The van der Waals surface area contributed by atoms with E-state index in [0.29, 0.717) is 0 Å². The van der Waals surface area contributed by atoms with E-state index >= 15 is 0 Å². The summed E-state index contributed by atoms with van der Waals surface area (Å²) >= 11 is 0. The van der Waals surface area contributed by atoms with Gasteiger partial charge >= 0.3 is 0 Å². The van der Waals surface area contributed by atoms with Crippen molar-refractivity contribution in [2.75, 3.05) is 23.9 Å². The molecule has 0 radical (unpaired) electrons. The zero-order chi connectivity index (χ0) is 23.8. The number of benzene rings is 4. The van der Waals surface area contributed by atoms with Gasteiger partial charge in [-0.1, -0.05) is 84.9 Å². The summed E-state index contributed by atoms with van der Waals surface area (Å²) in [6.07, 6.45) is 5.27. The monoisotopic (exact) mass is 453 g/mol. The molecule has 0 bridgehead atoms. The molecule has 0 saturated heterocycles. The fourth-order valence-corrected chi connectivity index (χ4v) is 4.94. The maximum absolute atomic E-state index is 5.25. The molecule has 3 nitrogen and oxygen atoms in total. The van der Waals surface area contributed by atoms with Crippen LogP contribution in [0.4, 0.5) is 22.7 Å². The maximum atomic E-state index is 5.25. The van der Waals surface area contributed by atoms with E-state index in [2.05, 4.69) is 139 Å². The van der Waals surface area contributed by atoms with Gasteiger partial charge in [-0.3, -0.25) is 0 Å². The van der Waals surface area contributed by atoms with Gasteiger partial charge in [0.2, 0.25) is 0 Å². The first kappa shape index (κ1) is 21.2. The van der Waals surface area contributed by atoms with Crippen molar-refractivity contribution in [3.63, 3.8) is 0 Å². The Kier molecular flexibility index (Phi) is 5.31. The van der Waals surface area contributed by atoms with Crippen LogP contribution in [0.1, 0.15) is 12.0 Å². The van der Waals surface area contributed by atoms with Crippen molar-refractivity contribution in [3.8, 4) is 11.1 Å². The Morgan fingerprint density at radius 2 is 1.34 bits per heavy atom. The van der Waals surface area contributed by atoms with Gasteiger partial charge in [0.05, 0.1) is 22.8 Å². The molecule has 3 heteroatoms. The molecule has 0 saturated carbocycles. The number of anilines is 3. The van der Waals surface area contributed by atoms with Gasteiger partial charge in [-0.05, 0) is 47.0 Å². The van der Waals surface area contributed by atoms with Crippen LogP contribution in [0.3, 0.4) is 0 Å². The molecular weight excluding hydrogens is 426 g/mol. The van der Waals surface area contributed by atoms with Gasteiger partial charge in [0, 0.05) is 37.5 Å². The number of para-hydroxylation sites is 1. The molecule has 6 rings (SSSR count). The summed E-state index contributed by atoms with van der Waals surface area (Å²) in [5, 5.41) is 0. The second-order valence-electron chi connectivity index (χ2n) is 9.13. The Morgan fingerprint density at radius 3 is 2.00 bits per heavy atom. The zero-order valence-electron chi connectivity index (χ0n) is 20.0. The van der Waals surface area contributed by atoms with Gasteiger partial charge in [0.1, 0.15) is 0 Å². The summed E-state index contributed by atoms with van der Waals surface area (Å²) in [6.45, 7) is 0. The van der Waals surface area contributed by atoms with E-state index in [1.807, 2.05) is 0 Å². The normalized spacial score (nSPS) is 14.3. The lowest BCUT2D eigenvalue weighted by molar-refractivity contribution is 1.11. The third-order valence-electron chi connectivity index (χ3n) is 6.65. The summed E-state index contributed by atoms with van der Waals surface area (Å²) in [7, 11) is 4.21. The van der Waals surface area contributed by atoms with Crippen molar-refractivity contribution in [3.05, 3.63) is 127 Å². The molecule has 35 heavy (non-hydrogen) atoms. The van der Waals surface area contributed by atoms with Crippen LogP contribution < -0.4 is 9.80 Å². The Morgan fingerprint density at radius 1 is 0.714 bits per heavy atom. The van der Waals surface area contributed by atoms with E-state index in [4.69, 9.17) is 4.99 Å². The summed E-state index contributed by atoms with van der Waals surface area (Å²) in [6, 6.07) is 36.3. The van der Waals surface area contributed by atoms with Crippen molar-refractivity contribution >= 4 is 34.0 Å². The summed E-state index contributed by atoms with van der Waals surface area (Å²) < 4.78 is 0. The topological polar surface area (TPSA) is 18.8 Å². The van der Waals surface area contributed by atoms with Crippen LogP contribution in [0.25, 0.3) is 16.7 Å². The smallest absolute Gasteiger partial charge is 0.0882 e. The predicted octanol–water partition coefficient (Wildman–Crippen LogP) is 8.02. The van der Waals surface area contributed by atoms with Gasteiger partial charge in [-0.25, -0.2) is 4.99 Å². The average Bonchev–Trinajstić information content (AvgIpc) is 2.92. The molecule has 0 aromatic heterocycles. The number of rotatable bonds is 4. The molecule has 0 unspecified atom stereocenters. The first-order valence-corrected chi connectivity index (χ1v) is 12.0. The molecule has 2 aliphatic rings. The third-order valence-corrected chi connectivity index (χ3v) is 6.65. The molecule has 1 aliphatic carbocycles. The van der Waals surface area contributed by atoms with Crippen molar-refractivity contribution in [1.82, 2.24) is 0 Å². The lowest BCUT2D eigenvalue weighted by Gasteiger charge is -2.36. The summed E-state index contributed by atoms with van der Waals surface area (Å²) in [4.78, 5) is 9.80. The van der Waals surface area contributed by atoms with Crippen molar-refractivity contribution in [2.45, 2.75) is 6.42 Å². The van der Waals surface area contributed by atoms with Crippen LogP contribution in [-0.2, 0) is 0 Å². The minimum atomic E-state index is 0.800. The first-order chi connectivity index (χ1) is 17.2. The van der Waals surface area contributed by atoms with Crippen LogP contribution in [0.5, 0.6) is 0 Å². The molecule has 0 spiro atoms. The average molecular weight is 454 g/mol. The van der Waals surface area contributed by atoms with Crippen LogP contribution in [-0.4, -0.2) is 19.8 Å². The molecule has 0 amide bonds. The SMILES string of the molecule is CN(C)c1cc2c(cc1-c1ccccc1)N=C1CC(c3ccccc3)=CC=C1N2c1ccccc1. The number of aliphatic imine (C=N–C) groups is 1. The highest BCUT2D eigenvalue weighted by atomic mass is 15.2. The Labute approximate surface area is 207 Å². The van der Waals surface area contributed by atoms with E-state index < -0.39 is 0 Å². The summed E-state index contributed by atoms with van der Waals surface area (Å²) in [5.41, 5.74) is 11.6. The van der Waals surface area contributed by atoms with Gasteiger partial charge in [0.15, 0.2) is 0 Å². The highest BCUT2D eigenvalue weighted by Gasteiger charge is 2.30. The zero-order valence-corrected chi connectivity index (χ0v) is 20.0. The van der Waals surface area contributed by atoms with Gasteiger partial charge < -0.3 is 9.80 Å². The van der Waals surface area contributed by atoms with Crippen LogP contribution in [0, 0.1) is 0 Å². The molecule has 1 heterocycles. The van der Waals surface area contributed by atoms with E-state index in [9.17, 15) is 0 Å². The largest absolute Gasteiger partial charge is 0.377 e. The van der Waals surface area contributed by atoms with E-state index in [0.717, 1.165) is 34.9 Å². The molecule has 1 aliphatic heterocycles. The number of nitrogens with zero attached hydrogens (tertiary/aromatic N) is 3. The Balaban J connectivity index is 1.56. The number of allylic oxidation sites excluding steroid dienone is 4. The van der Waals surface area contributed by atoms with Crippen molar-refractivity contribution < 1.29 is 0 Å². The Hall–Kier alpha value is -4.37. The van der Waals surface area contributed by atoms with Crippen LogP contribution >= 0.6 is 0 Å². The Bertz CT molecular complexity index is 1460. The van der Waals surface area contributed by atoms with Crippen LogP contribution in [0.15, 0.2) is 126 Å². The minimum absolute atomic E-state index is 0.800. The quantitative estimate of drug-likeness (QED) is 0.312. The molecule has 170 valence electrons. The highest BCUT2D eigenvalue weighted by molar-refractivity contribution is 6.16. The number of hydrogen-bond acceptors (Lipinski definition) is 3. The van der Waals surface area contributed by atoms with Crippen molar-refractivity contribution in [2.24, 2.45) is 4.99 Å². The molecule has 4 aromatic carbocycles. The second-order valence-corrected chi connectivity index (χ2v) is 9.13. The second kappa shape index (κ2) is 8.77. The molecule has 0 N–H and O–H groups in total.